The van der Waals surface area contributed by atoms with Crippen molar-refractivity contribution in [3.8, 4) is 0 Å². The Morgan fingerprint density at radius 2 is 1.89 bits per heavy atom. The lowest BCUT2D eigenvalue weighted by Crippen LogP contribution is -2.21. The van der Waals surface area contributed by atoms with E-state index in [2.05, 4.69) is 64.6 Å². The molecule has 1 aliphatic carbocycles. The van der Waals surface area contributed by atoms with Crippen LogP contribution in [-0.4, -0.2) is 6.54 Å². The van der Waals surface area contributed by atoms with Crippen molar-refractivity contribution in [2.75, 3.05) is 6.54 Å². The highest BCUT2D eigenvalue weighted by Gasteiger charge is 2.26. The Morgan fingerprint density at radius 1 is 1.16 bits per heavy atom. The Bertz CT molecular complexity index is 574. The molecular weight excluding hydrogens is 298 g/mol. The van der Waals surface area contributed by atoms with E-state index >= 15 is 0 Å². The molecule has 2 heteroatoms. The van der Waals surface area contributed by atoms with Crippen LogP contribution in [0.4, 0.5) is 0 Å². The second-order valence-electron chi connectivity index (χ2n) is 5.47. The summed E-state index contributed by atoms with van der Waals surface area (Å²) < 4.78 is 1.19. The maximum atomic E-state index is 3.67. The first kappa shape index (κ1) is 13.1. The summed E-state index contributed by atoms with van der Waals surface area (Å²) in [5.41, 5.74) is 1.45. The summed E-state index contributed by atoms with van der Waals surface area (Å²) in [4.78, 5) is 0. The number of hydrogen-bond acceptors (Lipinski definition) is 1. The van der Waals surface area contributed by atoms with Gasteiger partial charge in [-0.15, -0.1) is 0 Å². The average molecular weight is 318 g/mol. The molecule has 2 aromatic rings. The first-order chi connectivity index (χ1) is 9.29. The van der Waals surface area contributed by atoms with Crippen LogP contribution in [0.2, 0.25) is 0 Å². The number of hydrogen-bond donors (Lipinski definition) is 1. The van der Waals surface area contributed by atoms with Gasteiger partial charge in [-0.2, -0.15) is 0 Å². The lowest BCUT2D eigenvalue weighted by molar-refractivity contribution is 0.489. The van der Waals surface area contributed by atoms with E-state index in [0.29, 0.717) is 6.04 Å². The van der Waals surface area contributed by atoms with Crippen molar-refractivity contribution in [3.05, 3.63) is 46.4 Å². The highest BCUT2D eigenvalue weighted by atomic mass is 79.9. The van der Waals surface area contributed by atoms with E-state index in [1.807, 2.05) is 0 Å². The third-order valence-electron chi connectivity index (χ3n) is 4.00. The summed E-state index contributed by atoms with van der Waals surface area (Å²) in [5, 5.41) is 6.36. The molecule has 0 heterocycles. The van der Waals surface area contributed by atoms with Crippen molar-refractivity contribution < 1.29 is 0 Å². The van der Waals surface area contributed by atoms with Crippen LogP contribution in [0.25, 0.3) is 10.8 Å². The quantitative estimate of drug-likeness (QED) is 0.813. The lowest BCUT2D eigenvalue weighted by Gasteiger charge is -2.20. The highest BCUT2D eigenvalue weighted by molar-refractivity contribution is 9.10. The summed E-state index contributed by atoms with van der Waals surface area (Å²) in [5.74, 6) is 0.937. The monoisotopic (exact) mass is 317 g/mol. The first-order valence-electron chi connectivity index (χ1n) is 7.20. The average Bonchev–Trinajstić information content (AvgIpc) is 3.23. The van der Waals surface area contributed by atoms with Gasteiger partial charge in [0.2, 0.25) is 0 Å². The lowest BCUT2D eigenvalue weighted by atomic mass is 9.95. The molecule has 0 spiro atoms. The van der Waals surface area contributed by atoms with Crippen LogP contribution in [0.15, 0.2) is 40.9 Å². The van der Waals surface area contributed by atoms with Gasteiger partial charge in [0.25, 0.3) is 0 Å². The summed E-state index contributed by atoms with van der Waals surface area (Å²) >= 11 is 3.66. The second-order valence-corrected chi connectivity index (χ2v) is 6.33. The van der Waals surface area contributed by atoms with Crippen molar-refractivity contribution in [1.29, 1.82) is 0 Å². The third kappa shape index (κ3) is 2.85. The summed E-state index contributed by atoms with van der Waals surface area (Å²) in [6.07, 6.45) is 4.10. The zero-order chi connectivity index (χ0) is 13.2. The van der Waals surface area contributed by atoms with Gasteiger partial charge in [0.1, 0.15) is 0 Å². The molecule has 0 aromatic heterocycles. The standard InChI is InChI=1S/C17H20BrN/c1-2-19-17(11-12-7-8-12)15-9-10-16(18)14-6-4-3-5-13(14)15/h3-6,9-10,12,17,19H,2,7-8,11H2,1H3. The maximum Gasteiger partial charge on any atom is 0.0328 e. The fourth-order valence-electron chi connectivity index (χ4n) is 2.84. The van der Waals surface area contributed by atoms with Gasteiger partial charge in [0, 0.05) is 10.5 Å². The van der Waals surface area contributed by atoms with E-state index in [0.717, 1.165) is 12.5 Å². The second kappa shape index (κ2) is 5.64. The Morgan fingerprint density at radius 3 is 2.58 bits per heavy atom. The minimum absolute atomic E-state index is 0.496. The van der Waals surface area contributed by atoms with Gasteiger partial charge in [-0.1, -0.05) is 66.0 Å². The van der Waals surface area contributed by atoms with Crippen molar-refractivity contribution >= 4 is 26.7 Å². The Labute approximate surface area is 123 Å². The molecule has 0 bridgehead atoms. The van der Waals surface area contributed by atoms with Crippen molar-refractivity contribution in [3.63, 3.8) is 0 Å². The van der Waals surface area contributed by atoms with E-state index in [1.165, 1.54) is 40.1 Å². The van der Waals surface area contributed by atoms with E-state index in [1.54, 1.807) is 0 Å². The molecule has 100 valence electrons. The molecule has 0 amide bonds. The Kier molecular flexibility index (Phi) is 3.90. The fraction of sp³-hybridized carbons (Fsp3) is 0.412. The first-order valence-corrected chi connectivity index (χ1v) is 7.99. The van der Waals surface area contributed by atoms with Gasteiger partial charge in [-0.25, -0.2) is 0 Å². The molecule has 2 aromatic carbocycles. The van der Waals surface area contributed by atoms with Gasteiger partial charge in [0.05, 0.1) is 0 Å². The van der Waals surface area contributed by atoms with Gasteiger partial charge in [-0.3, -0.25) is 0 Å². The van der Waals surface area contributed by atoms with Crippen molar-refractivity contribution in [1.82, 2.24) is 5.32 Å². The van der Waals surface area contributed by atoms with E-state index in [-0.39, 0.29) is 0 Å². The minimum Gasteiger partial charge on any atom is -0.310 e. The van der Waals surface area contributed by atoms with E-state index in [4.69, 9.17) is 0 Å². The molecule has 1 saturated carbocycles. The molecule has 0 radical (unpaired) electrons. The topological polar surface area (TPSA) is 12.0 Å². The largest absolute Gasteiger partial charge is 0.310 e. The molecule has 1 N–H and O–H groups in total. The Balaban J connectivity index is 2.03. The Hall–Kier alpha value is -0.860. The highest BCUT2D eigenvalue weighted by Crippen LogP contribution is 2.40. The van der Waals surface area contributed by atoms with Gasteiger partial charge in [0.15, 0.2) is 0 Å². The van der Waals surface area contributed by atoms with Crippen LogP contribution in [-0.2, 0) is 0 Å². The van der Waals surface area contributed by atoms with Crippen LogP contribution in [0.1, 0.15) is 37.8 Å². The maximum absolute atomic E-state index is 3.67. The number of nitrogens with one attached hydrogen (secondary N) is 1. The molecule has 0 saturated heterocycles. The molecule has 1 unspecified atom stereocenters. The smallest absolute Gasteiger partial charge is 0.0328 e. The zero-order valence-corrected chi connectivity index (χ0v) is 12.9. The molecular formula is C17H20BrN. The van der Waals surface area contributed by atoms with Crippen molar-refractivity contribution in [2.45, 2.75) is 32.2 Å². The summed E-state index contributed by atoms with van der Waals surface area (Å²) in [6, 6.07) is 13.7. The van der Waals surface area contributed by atoms with Crippen LogP contribution < -0.4 is 5.32 Å². The van der Waals surface area contributed by atoms with Gasteiger partial charge in [-0.05, 0) is 41.3 Å². The van der Waals surface area contributed by atoms with Crippen LogP contribution in [0.3, 0.4) is 0 Å². The SMILES string of the molecule is CCNC(CC1CC1)c1ccc(Br)c2ccccc12. The number of halogens is 1. The number of rotatable bonds is 5. The molecule has 1 atom stereocenters. The predicted octanol–water partition coefficient (Wildman–Crippen LogP) is 5.05. The van der Waals surface area contributed by atoms with Crippen LogP contribution in [0.5, 0.6) is 0 Å². The molecule has 0 aliphatic heterocycles. The van der Waals surface area contributed by atoms with Crippen LogP contribution in [0, 0.1) is 5.92 Å². The summed E-state index contributed by atoms with van der Waals surface area (Å²) in [6.45, 7) is 3.22. The predicted molar refractivity (Wildman–Crippen MR) is 85.4 cm³/mol. The van der Waals surface area contributed by atoms with E-state index < -0.39 is 0 Å². The third-order valence-corrected chi connectivity index (χ3v) is 4.69. The molecule has 19 heavy (non-hydrogen) atoms. The number of benzene rings is 2. The molecule has 3 rings (SSSR count). The number of fused-ring (bicyclic) bond motifs is 1. The van der Waals surface area contributed by atoms with Gasteiger partial charge < -0.3 is 5.32 Å². The molecule has 1 nitrogen and oxygen atoms in total. The van der Waals surface area contributed by atoms with E-state index in [9.17, 15) is 0 Å². The zero-order valence-electron chi connectivity index (χ0n) is 11.3. The minimum atomic E-state index is 0.496. The van der Waals surface area contributed by atoms with Gasteiger partial charge >= 0.3 is 0 Å². The van der Waals surface area contributed by atoms with Crippen molar-refractivity contribution in [2.24, 2.45) is 5.92 Å². The summed E-state index contributed by atoms with van der Waals surface area (Å²) in [7, 11) is 0. The molecule has 1 fully saturated rings. The fourth-order valence-corrected chi connectivity index (χ4v) is 3.32. The normalized spacial score (nSPS) is 16.7. The molecule has 1 aliphatic rings. The van der Waals surface area contributed by atoms with Crippen LogP contribution >= 0.6 is 15.9 Å².